The molecule has 0 aliphatic carbocycles. The molecule has 30 heavy (non-hydrogen) atoms. The number of fused-ring (bicyclic) bond motifs is 2. The molecule has 150 valence electrons. The SMILES string of the molecule is NC(CO)(CO)c1cc2cc(-c3noc(-c4cnc5ccccc5n4)n3)ccc2o1. The number of nitrogens with zero attached hydrogens (tertiary/aromatic N) is 4. The monoisotopic (exact) mass is 403 g/mol. The minimum Gasteiger partial charge on any atom is -0.459 e. The van der Waals surface area contributed by atoms with Crippen LogP contribution >= 0.6 is 0 Å². The smallest absolute Gasteiger partial charge is 0.278 e. The van der Waals surface area contributed by atoms with Crippen molar-refractivity contribution >= 4 is 22.0 Å². The maximum atomic E-state index is 9.49. The van der Waals surface area contributed by atoms with Crippen LogP contribution in [0.25, 0.3) is 45.0 Å². The van der Waals surface area contributed by atoms with E-state index in [-0.39, 0.29) is 5.89 Å². The van der Waals surface area contributed by atoms with Gasteiger partial charge in [0.1, 0.15) is 22.6 Å². The molecule has 0 unspecified atom stereocenters. The standard InChI is InChI=1S/C21H17N5O4/c22-21(10-27,11-28)18-8-13-7-12(5-6-17(13)29-18)19-25-20(30-26-19)16-9-23-14-3-1-2-4-15(14)24-16/h1-9,27-28H,10-11,22H2. The average Bonchev–Trinajstić information content (AvgIpc) is 3.45. The van der Waals surface area contributed by atoms with Crippen LogP contribution in [0.4, 0.5) is 0 Å². The largest absolute Gasteiger partial charge is 0.459 e. The van der Waals surface area contributed by atoms with Crippen LogP contribution in [0, 0.1) is 0 Å². The summed E-state index contributed by atoms with van der Waals surface area (Å²) in [5.74, 6) is 0.936. The summed E-state index contributed by atoms with van der Waals surface area (Å²) in [6.07, 6.45) is 1.59. The predicted octanol–water partition coefficient (Wildman–Crippen LogP) is 2.23. The minimum atomic E-state index is -1.35. The van der Waals surface area contributed by atoms with E-state index in [0.29, 0.717) is 28.4 Å². The zero-order chi connectivity index (χ0) is 20.7. The number of hydrogen-bond acceptors (Lipinski definition) is 9. The van der Waals surface area contributed by atoms with E-state index in [1.807, 2.05) is 30.3 Å². The lowest BCUT2D eigenvalue weighted by Gasteiger charge is -2.21. The van der Waals surface area contributed by atoms with E-state index in [2.05, 4.69) is 20.1 Å². The summed E-state index contributed by atoms with van der Waals surface area (Å²) in [6, 6.07) is 14.6. The summed E-state index contributed by atoms with van der Waals surface area (Å²) in [7, 11) is 0. The fraction of sp³-hybridized carbons (Fsp3) is 0.143. The zero-order valence-corrected chi connectivity index (χ0v) is 15.7. The predicted molar refractivity (Wildman–Crippen MR) is 108 cm³/mol. The van der Waals surface area contributed by atoms with Crippen molar-refractivity contribution in [3.8, 4) is 23.0 Å². The van der Waals surface area contributed by atoms with Gasteiger partial charge < -0.3 is 24.9 Å². The van der Waals surface area contributed by atoms with Crippen LogP contribution in [0.5, 0.6) is 0 Å². The van der Waals surface area contributed by atoms with Crippen molar-refractivity contribution in [2.45, 2.75) is 5.54 Å². The van der Waals surface area contributed by atoms with E-state index in [0.717, 1.165) is 16.4 Å². The van der Waals surface area contributed by atoms with Crippen LogP contribution < -0.4 is 5.73 Å². The Morgan fingerprint density at radius 1 is 0.967 bits per heavy atom. The Labute approximate surface area is 169 Å². The van der Waals surface area contributed by atoms with Gasteiger partial charge in [-0.15, -0.1) is 0 Å². The van der Waals surface area contributed by atoms with Crippen LogP contribution in [0.1, 0.15) is 5.76 Å². The molecule has 9 nitrogen and oxygen atoms in total. The number of hydrogen-bond donors (Lipinski definition) is 3. The van der Waals surface area contributed by atoms with Crippen LogP contribution in [0.2, 0.25) is 0 Å². The van der Waals surface area contributed by atoms with Gasteiger partial charge in [0, 0.05) is 10.9 Å². The number of aliphatic hydroxyl groups excluding tert-OH is 2. The molecule has 3 aromatic heterocycles. The van der Waals surface area contributed by atoms with Gasteiger partial charge in [0.15, 0.2) is 0 Å². The second-order valence-electron chi connectivity index (χ2n) is 7.00. The molecule has 2 aromatic carbocycles. The van der Waals surface area contributed by atoms with E-state index in [1.54, 1.807) is 24.4 Å². The van der Waals surface area contributed by atoms with E-state index >= 15 is 0 Å². The van der Waals surface area contributed by atoms with Gasteiger partial charge in [0.25, 0.3) is 5.89 Å². The van der Waals surface area contributed by atoms with Gasteiger partial charge in [-0.25, -0.2) is 4.98 Å². The number of benzene rings is 2. The van der Waals surface area contributed by atoms with Gasteiger partial charge in [0.2, 0.25) is 5.82 Å². The van der Waals surface area contributed by atoms with Crippen molar-refractivity contribution < 1.29 is 19.2 Å². The molecule has 5 aromatic rings. The molecule has 0 aliphatic rings. The van der Waals surface area contributed by atoms with Crippen LogP contribution in [-0.4, -0.2) is 43.5 Å². The average molecular weight is 403 g/mol. The number of furan rings is 1. The first-order chi connectivity index (χ1) is 14.6. The summed E-state index contributed by atoms with van der Waals surface area (Å²) >= 11 is 0. The molecule has 5 rings (SSSR count). The molecular formula is C21H17N5O4. The second kappa shape index (κ2) is 6.99. The van der Waals surface area contributed by atoms with Crippen molar-refractivity contribution in [2.75, 3.05) is 13.2 Å². The first-order valence-electron chi connectivity index (χ1n) is 9.20. The number of para-hydroxylation sites is 2. The number of aromatic nitrogens is 4. The van der Waals surface area contributed by atoms with Gasteiger partial charge in [-0.05, 0) is 36.4 Å². The Balaban J connectivity index is 1.50. The highest BCUT2D eigenvalue weighted by molar-refractivity contribution is 5.83. The van der Waals surface area contributed by atoms with Crippen molar-refractivity contribution in [1.29, 1.82) is 0 Å². The van der Waals surface area contributed by atoms with Gasteiger partial charge in [0.05, 0.1) is 30.4 Å². The molecule has 0 amide bonds. The molecule has 0 atom stereocenters. The van der Waals surface area contributed by atoms with Gasteiger partial charge in [-0.1, -0.05) is 17.3 Å². The molecule has 0 saturated carbocycles. The zero-order valence-electron chi connectivity index (χ0n) is 15.7. The number of rotatable bonds is 5. The Hall–Kier alpha value is -3.66. The molecule has 0 radical (unpaired) electrons. The molecule has 9 heteroatoms. The maximum absolute atomic E-state index is 9.49. The molecule has 3 heterocycles. The van der Waals surface area contributed by atoms with Crippen LogP contribution in [0.3, 0.4) is 0 Å². The fourth-order valence-corrected chi connectivity index (χ4v) is 3.14. The minimum absolute atomic E-state index is 0.262. The topological polar surface area (TPSA) is 144 Å². The highest BCUT2D eigenvalue weighted by Gasteiger charge is 2.30. The van der Waals surface area contributed by atoms with Crippen molar-refractivity contribution in [3.05, 3.63) is 60.5 Å². The van der Waals surface area contributed by atoms with E-state index in [4.69, 9.17) is 14.7 Å². The molecule has 0 aliphatic heterocycles. The third-order valence-corrected chi connectivity index (χ3v) is 4.92. The van der Waals surface area contributed by atoms with Crippen molar-refractivity contribution in [2.24, 2.45) is 5.73 Å². The summed E-state index contributed by atoms with van der Waals surface area (Å²) in [5, 5.41) is 23.8. The van der Waals surface area contributed by atoms with Crippen LogP contribution in [-0.2, 0) is 5.54 Å². The highest BCUT2D eigenvalue weighted by Crippen LogP contribution is 2.30. The summed E-state index contributed by atoms with van der Waals surface area (Å²) < 4.78 is 11.1. The molecule has 0 bridgehead atoms. The summed E-state index contributed by atoms with van der Waals surface area (Å²) in [6.45, 7) is -0.894. The molecule has 0 fully saturated rings. The molecular weight excluding hydrogens is 386 g/mol. The van der Waals surface area contributed by atoms with E-state index in [1.165, 1.54) is 0 Å². The third-order valence-electron chi connectivity index (χ3n) is 4.92. The number of nitrogens with two attached hydrogens (primary N) is 1. The second-order valence-corrected chi connectivity index (χ2v) is 7.00. The summed E-state index contributed by atoms with van der Waals surface area (Å²) in [4.78, 5) is 13.3. The lowest BCUT2D eigenvalue weighted by Crippen LogP contribution is -2.43. The highest BCUT2D eigenvalue weighted by atomic mass is 16.5. The van der Waals surface area contributed by atoms with E-state index in [9.17, 15) is 10.2 Å². The Morgan fingerprint density at radius 2 is 1.77 bits per heavy atom. The Kier molecular flexibility index (Phi) is 4.28. The summed E-state index contributed by atoms with van der Waals surface area (Å²) in [5.41, 5.74) is 7.91. The normalized spacial score (nSPS) is 12.1. The molecule has 0 spiro atoms. The lowest BCUT2D eigenvalue weighted by atomic mass is 10.00. The van der Waals surface area contributed by atoms with Gasteiger partial charge in [-0.3, -0.25) is 4.98 Å². The Morgan fingerprint density at radius 3 is 2.57 bits per heavy atom. The van der Waals surface area contributed by atoms with Gasteiger partial charge in [-0.2, -0.15) is 4.98 Å². The number of aliphatic hydroxyl groups is 2. The first kappa shape index (κ1) is 18.4. The van der Waals surface area contributed by atoms with Gasteiger partial charge >= 0.3 is 0 Å². The first-order valence-corrected chi connectivity index (χ1v) is 9.20. The van der Waals surface area contributed by atoms with Crippen molar-refractivity contribution in [1.82, 2.24) is 20.1 Å². The Bertz CT molecular complexity index is 1360. The molecule has 0 saturated heterocycles. The van der Waals surface area contributed by atoms with Crippen molar-refractivity contribution in [3.63, 3.8) is 0 Å². The molecule has 4 N–H and O–H groups in total. The lowest BCUT2D eigenvalue weighted by molar-refractivity contribution is 0.105. The fourth-order valence-electron chi connectivity index (χ4n) is 3.14. The quantitative estimate of drug-likeness (QED) is 0.402. The maximum Gasteiger partial charge on any atom is 0.278 e. The van der Waals surface area contributed by atoms with Crippen LogP contribution in [0.15, 0.2) is 63.7 Å². The third kappa shape index (κ3) is 3.01. The van der Waals surface area contributed by atoms with E-state index < -0.39 is 18.8 Å².